The van der Waals surface area contributed by atoms with Crippen LogP contribution in [-0.2, 0) is 6.42 Å². The van der Waals surface area contributed by atoms with Crippen molar-refractivity contribution < 1.29 is 14.6 Å². The zero-order chi connectivity index (χ0) is 14.5. The van der Waals surface area contributed by atoms with Gasteiger partial charge in [-0.2, -0.15) is 0 Å². The van der Waals surface area contributed by atoms with E-state index in [9.17, 15) is 4.79 Å². The molecular weight excluding hydrogens is 278 g/mol. The van der Waals surface area contributed by atoms with Crippen LogP contribution in [0.15, 0.2) is 42.5 Å². The van der Waals surface area contributed by atoms with Crippen LogP contribution >= 0.6 is 11.6 Å². The molecule has 0 unspecified atom stereocenters. The highest BCUT2D eigenvalue weighted by Gasteiger charge is 2.08. The third-order valence-electron chi connectivity index (χ3n) is 2.77. The Morgan fingerprint density at radius 2 is 1.80 bits per heavy atom. The number of amides is 1. The van der Waals surface area contributed by atoms with Crippen molar-refractivity contribution in [1.29, 1.82) is 0 Å². The summed E-state index contributed by atoms with van der Waals surface area (Å²) in [4.78, 5) is 11.1. The molecule has 0 aliphatic carbocycles. The third kappa shape index (κ3) is 3.50. The van der Waals surface area contributed by atoms with Gasteiger partial charge in [0.05, 0.1) is 10.6 Å². The lowest BCUT2D eigenvalue weighted by Gasteiger charge is -2.08. The predicted octanol–water partition coefficient (Wildman–Crippen LogP) is 2.77. The van der Waals surface area contributed by atoms with Gasteiger partial charge in [0.1, 0.15) is 11.5 Å². The topological polar surface area (TPSA) is 72.6 Å². The monoisotopic (exact) mass is 291 g/mol. The number of rotatable bonds is 5. The van der Waals surface area contributed by atoms with E-state index in [1.807, 2.05) is 12.1 Å². The van der Waals surface area contributed by atoms with Gasteiger partial charge >= 0.3 is 0 Å². The molecule has 3 N–H and O–H groups in total. The van der Waals surface area contributed by atoms with Gasteiger partial charge in [-0.15, -0.1) is 0 Å². The van der Waals surface area contributed by atoms with E-state index in [0.717, 1.165) is 5.56 Å². The molecule has 2 aromatic carbocycles. The van der Waals surface area contributed by atoms with Crippen LogP contribution in [0.5, 0.6) is 11.5 Å². The van der Waals surface area contributed by atoms with Gasteiger partial charge in [-0.1, -0.05) is 23.7 Å². The number of nitrogens with two attached hydrogens (primary N) is 1. The summed E-state index contributed by atoms with van der Waals surface area (Å²) in [6.45, 7) is 0.115. The second-order valence-electron chi connectivity index (χ2n) is 4.23. The summed E-state index contributed by atoms with van der Waals surface area (Å²) >= 11 is 5.95. The molecule has 0 aliphatic rings. The van der Waals surface area contributed by atoms with E-state index in [-0.39, 0.29) is 17.2 Å². The fourth-order valence-electron chi connectivity index (χ4n) is 1.75. The summed E-state index contributed by atoms with van der Waals surface area (Å²) in [5, 5.41) is 9.10. The van der Waals surface area contributed by atoms with Crippen LogP contribution in [0.3, 0.4) is 0 Å². The van der Waals surface area contributed by atoms with Crippen molar-refractivity contribution in [3.63, 3.8) is 0 Å². The SMILES string of the molecule is NC(=O)c1ccc(Oc2ccc(CCO)cc2)cc1Cl. The minimum atomic E-state index is -0.574. The molecule has 0 bridgehead atoms. The first-order chi connectivity index (χ1) is 9.60. The summed E-state index contributed by atoms with van der Waals surface area (Å²) in [6.07, 6.45) is 0.611. The highest BCUT2D eigenvalue weighted by Crippen LogP contribution is 2.26. The highest BCUT2D eigenvalue weighted by atomic mass is 35.5. The van der Waals surface area contributed by atoms with Crippen LogP contribution in [0.25, 0.3) is 0 Å². The van der Waals surface area contributed by atoms with Gasteiger partial charge in [-0.3, -0.25) is 4.79 Å². The molecule has 0 heterocycles. The fourth-order valence-corrected chi connectivity index (χ4v) is 2.01. The van der Waals surface area contributed by atoms with E-state index in [0.29, 0.717) is 17.9 Å². The van der Waals surface area contributed by atoms with Gasteiger partial charge in [-0.05, 0) is 36.2 Å². The van der Waals surface area contributed by atoms with E-state index in [1.54, 1.807) is 24.3 Å². The van der Waals surface area contributed by atoms with Crippen LogP contribution in [0.4, 0.5) is 0 Å². The second kappa shape index (κ2) is 6.41. The second-order valence-corrected chi connectivity index (χ2v) is 4.63. The third-order valence-corrected chi connectivity index (χ3v) is 3.08. The summed E-state index contributed by atoms with van der Waals surface area (Å²) < 4.78 is 5.63. The van der Waals surface area contributed by atoms with E-state index in [4.69, 9.17) is 27.2 Å². The molecule has 4 nitrogen and oxygen atoms in total. The van der Waals surface area contributed by atoms with Crippen LogP contribution < -0.4 is 10.5 Å². The van der Waals surface area contributed by atoms with Crippen LogP contribution in [0.2, 0.25) is 5.02 Å². The highest BCUT2D eigenvalue weighted by molar-refractivity contribution is 6.33. The number of aliphatic hydroxyl groups is 1. The average Bonchev–Trinajstić information content (AvgIpc) is 2.41. The molecule has 0 spiro atoms. The molecule has 0 fully saturated rings. The lowest BCUT2D eigenvalue weighted by molar-refractivity contribution is 0.100. The molecule has 0 aromatic heterocycles. The molecular formula is C15H14ClNO3. The van der Waals surface area contributed by atoms with Crippen molar-refractivity contribution in [2.45, 2.75) is 6.42 Å². The number of primary amides is 1. The maximum atomic E-state index is 11.1. The van der Waals surface area contributed by atoms with Crippen LogP contribution in [-0.4, -0.2) is 17.6 Å². The number of carbonyl (C=O) groups excluding carboxylic acids is 1. The zero-order valence-corrected chi connectivity index (χ0v) is 11.4. The molecule has 0 saturated heterocycles. The number of hydrogen-bond acceptors (Lipinski definition) is 3. The van der Waals surface area contributed by atoms with Crippen molar-refractivity contribution in [3.05, 3.63) is 58.6 Å². The van der Waals surface area contributed by atoms with Gasteiger partial charge in [0.15, 0.2) is 0 Å². The van der Waals surface area contributed by atoms with E-state index in [1.165, 1.54) is 6.07 Å². The smallest absolute Gasteiger partial charge is 0.250 e. The molecule has 5 heteroatoms. The maximum Gasteiger partial charge on any atom is 0.250 e. The largest absolute Gasteiger partial charge is 0.457 e. The van der Waals surface area contributed by atoms with Gasteiger partial charge in [-0.25, -0.2) is 0 Å². The Morgan fingerprint density at radius 1 is 1.15 bits per heavy atom. The Morgan fingerprint density at radius 3 is 2.35 bits per heavy atom. The normalized spacial score (nSPS) is 10.3. The molecule has 0 aliphatic heterocycles. The number of halogens is 1. The number of ether oxygens (including phenoxy) is 1. The van der Waals surface area contributed by atoms with Crippen molar-refractivity contribution in [3.8, 4) is 11.5 Å². The lowest BCUT2D eigenvalue weighted by atomic mass is 10.1. The van der Waals surface area contributed by atoms with E-state index in [2.05, 4.69) is 0 Å². The summed E-state index contributed by atoms with van der Waals surface area (Å²) in [5.41, 5.74) is 6.47. The molecule has 1 amide bonds. The number of carbonyl (C=O) groups is 1. The first-order valence-corrected chi connectivity index (χ1v) is 6.45. The maximum absolute atomic E-state index is 11.1. The molecule has 20 heavy (non-hydrogen) atoms. The molecule has 2 rings (SSSR count). The van der Waals surface area contributed by atoms with Gasteiger partial charge in [0.2, 0.25) is 5.91 Å². The minimum Gasteiger partial charge on any atom is -0.457 e. The molecule has 0 atom stereocenters. The van der Waals surface area contributed by atoms with Gasteiger partial charge in [0, 0.05) is 12.7 Å². The molecule has 104 valence electrons. The quantitative estimate of drug-likeness (QED) is 0.889. The molecule has 2 aromatic rings. The van der Waals surface area contributed by atoms with Crippen molar-refractivity contribution in [2.24, 2.45) is 5.73 Å². The Bertz CT molecular complexity index is 611. The first kappa shape index (κ1) is 14.4. The molecule has 0 radical (unpaired) electrons. The Hall–Kier alpha value is -2.04. The van der Waals surface area contributed by atoms with Gasteiger partial charge in [0.25, 0.3) is 0 Å². The summed E-state index contributed by atoms with van der Waals surface area (Å²) in [7, 11) is 0. The number of benzene rings is 2. The minimum absolute atomic E-state index is 0.115. The average molecular weight is 292 g/mol. The Labute approximate surface area is 121 Å². The molecule has 0 saturated carbocycles. The van der Waals surface area contributed by atoms with Crippen LogP contribution in [0.1, 0.15) is 15.9 Å². The summed E-state index contributed by atoms with van der Waals surface area (Å²) in [6, 6.07) is 12.1. The van der Waals surface area contributed by atoms with Crippen molar-refractivity contribution >= 4 is 17.5 Å². The number of hydrogen-bond donors (Lipinski definition) is 2. The summed E-state index contributed by atoms with van der Waals surface area (Å²) in [5.74, 6) is 0.597. The Balaban J connectivity index is 2.13. The Kier molecular flexibility index (Phi) is 4.61. The zero-order valence-electron chi connectivity index (χ0n) is 10.7. The van der Waals surface area contributed by atoms with E-state index < -0.39 is 5.91 Å². The lowest BCUT2D eigenvalue weighted by Crippen LogP contribution is -2.11. The predicted molar refractivity (Wildman–Crippen MR) is 77.3 cm³/mol. The first-order valence-electron chi connectivity index (χ1n) is 6.07. The van der Waals surface area contributed by atoms with Gasteiger partial charge < -0.3 is 15.6 Å². The van der Waals surface area contributed by atoms with Crippen molar-refractivity contribution in [1.82, 2.24) is 0 Å². The standard InChI is InChI=1S/C15H14ClNO3/c16-14-9-12(5-6-13(14)15(17)19)20-11-3-1-10(2-4-11)7-8-18/h1-6,9,18H,7-8H2,(H2,17,19). The van der Waals surface area contributed by atoms with E-state index >= 15 is 0 Å². The van der Waals surface area contributed by atoms with Crippen LogP contribution in [0, 0.1) is 0 Å². The fraction of sp³-hybridized carbons (Fsp3) is 0.133. The number of aliphatic hydroxyl groups excluding tert-OH is 1. The van der Waals surface area contributed by atoms with Crippen molar-refractivity contribution in [2.75, 3.05) is 6.61 Å².